The summed E-state index contributed by atoms with van der Waals surface area (Å²) in [5, 5.41) is 5.36. The maximum Gasteiger partial charge on any atom is 0.417 e. The number of alkyl carbamates (subject to hydrolysis) is 1. The fraction of sp³-hybridized carbons (Fsp3) is 0.808. The zero-order valence-electron chi connectivity index (χ0n) is 23.8. The standard InChI is InChI=1S/C11H21NO3.C10H17NO3.C5H9NO/c1-8(6-9(2)13)7-12-10(14)15-11(3,4)5;1-7-5-8(12)11(6-7)9(13)14-10(2,3)4;1-4-2-5(7)6-3-4/h8H,6-7H2,1-5H3,(H,12,14);7H,5-6H2,1-4H3;4H,2-3H2,1H3,(H,6,7)/t8-;7-;4-/m000/s1. The SMILES string of the molecule is CC(=O)C[C@H](C)CNC(=O)OC(C)(C)C.C[C@@H]1CNC(=O)C1.C[C@H]1CC(=O)N(C(=O)OC(C)(C)C)C1. The van der Waals surface area contributed by atoms with Crippen molar-refractivity contribution in [3.05, 3.63) is 0 Å². The quantitative estimate of drug-likeness (QED) is 0.579. The van der Waals surface area contributed by atoms with Crippen molar-refractivity contribution in [1.29, 1.82) is 0 Å². The Labute approximate surface area is 216 Å². The molecule has 2 rings (SSSR count). The van der Waals surface area contributed by atoms with E-state index >= 15 is 0 Å². The molecule has 10 nitrogen and oxygen atoms in total. The number of ketones is 1. The van der Waals surface area contributed by atoms with Gasteiger partial charge in [0.25, 0.3) is 0 Å². The first kappa shape index (κ1) is 33.4. The summed E-state index contributed by atoms with van der Waals surface area (Å²) in [6.07, 6.45) is 0.694. The first-order valence-electron chi connectivity index (χ1n) is 12.5. The minimum Gasteiger partial charge on any atom is -0.444 e. The van der Waals surface area contributed by atoms with Crippen LogP contribution in [0.15, 0.2) is 0 Å². The van der Waals surface area contributed by atoms with Crippen LogP contribution in [0.2, 0.25) is 0 Å². The van der Waals surface area contributed by atoms with E-state index in [4.69, 9.17) is 9.47 Å². The molecular formula is C26H47N3O7. The number of nitrogens with one attached hydrogen (secondary N) is 2. The zero-order chi connectivity index (χ0) is 28.3. The van der Waals surface area contributed by atoms with E-state index in [9.17, 15) is 24.0 Å². The molecule has 36 heavy (non-hydrogen) atoms. The van der Waals surface area contributed by atoms with Crippen LogP contribution in [0.25, 0.3) is 0 Å². The summed E-state index contributed by atoms with van der Waals surface area (Å²) in [6, 6.07) is 0. The molecule has 2 aliphatic rings. The van der Waals surface area contributed by atoms with Crippen LogP contribution in [-0.2, 0) is 23.9 Å². The van der Waals surface area contributed by atoms with Crippen molar-refractivity contribution in [3.63, 3.8) is 0 Å². The minimum absolute atomic E-state index is 0.133. The highest BCUT2D eigenvalue weighted by Crippen LogP contribution is 2.19. The summed E-state index contributed by atoms with van der Waals surface area (Å²) in [4.78, 5) is 56.4. The second kappa shape index (κ2) is 14.8. The molecule has 10 heteroatoms. The van der Waals surface area contributed by atoms with Gasteiger partial charge in [-0.15, -0.1) is 0 Å². The van der Waals surface area contributed by atoms with Gasteiger partial charge in [0.15, 0.2) is 0 Å². The summed E-state index contributed by atoms with van der Waals surface area (Å²) < 4.78 is 10.2. The largest absolute Gasteiger partial charge is 0.444 e. The molecule has 0 radical (unpaired) electrons. The van der Waals surface area contributed by atoms with Gasteiger partial charge in [-0.1, -0.05) is 20.8 Å². The van der Waals surface area contributed by atoms with Gasteiger partial charge in [-0.25, -0.2) is 14.5 Å². The Morgan fingerprint density at radius 2 is 1.56 bits per heavy atom. The van der Waals surface area contributed by atoms with Crippen molar-refractivity contribution in [2.75, 3.05) is 19.6 Å². The minimum atomic E-state index is -0.539. The van der Waals surface area contributed by atoms with Gasteiger partial charge < -0.3 is 24.9 Å². The van der Waals surface area contributed by atoms with E-state index in [1.807, 2.05) is 34.6 Å². The molecule has 2 fully saturated rings. The monoisotopic (exact) mass is 513 g/mol. The Morgan fingerprint density at radius 3 is 1.89 bits per heavy atom. The van der Waals surface area contributed by atoms with Crippen molar-refractivity contribution in [2.24, 2.45) is 17.8 Å². The molecule has 208 valence electrons. The molecule has 3 atom stereocenters. The summed E-state index contributed by atoms with van der Waals surface area (Å²) in [5.74, 6) is 1.16. The number of Topliss-reactive ketones (excluding diaryl/α,β-unsaturated/α-hetero) is 1. The molecule has 0 aromatic rings. The summed E-state index contributed by atoms with van der Waals surface area (Å²) in [6.45, 7) is 20.1. The summed E-state index contributed by atoms with van der Waals surface area (Å²) in [7, 11) is 0. The van der Waals surface area contributed by atoms with E-state index in [1.54, 1.807) is 27.7 Å². The van der Waals surface area contributed by atoms with Gasteiger partial charge in [-0.05, 0) is 66.2 Å². The van der Waals surface area contributed by atoms with Crippen molar-refractivity contribution in [1.82, 2.24) is 15.5 Å². The van der Waals surface area contributed by atoms with Gasteiger partial charge in [0.05, 0.1) is 0 Å². The molecule has 0 aromatic heterocycles. The van der Waals surface area contributed by atoms with Crippen LogP contribution in [0.1, 0.15) is 88.5 Å². The first-order valence-corrected chi connectivity index (χ1v) is 12.5. The van der Waals surface area contributed by atoms with Crippen LogP contribution in [0.3, 0.4) is 0 Å². The van der Waals surface area contributed by atoms with Crippen molar-refractivity contribution in [3.8, 4) is 0 Å². The fourth-order valence-electron chi connectivity index (χ4n) is 3.26. The molecular weight excluding hydrogens is 466 g/mol. The normalized spacial score (nSPS) is 20.2. The van der Waals surface area contributed by atoms with Gasteiger partial charge >= 0.3 is 12.2 Å². The lowest BCUT2D eigenvalue weighted by Gasteiger charge is -2.23. The lowest BCUT2D eigenvalue weighted by Crippen LogP contribution is -2.37. The molecule has 2 heterocycles. The van der Waals surface area contributed by atoms with Crippen molar-refractivity contribution >= 4 is 29.8 Å². The summed E-state index contributed by atoms with van der Waals surface area (Å²) in [5.41, 5.74) is -1.02. The number of carbonyl (C=O) groups excluding carboxylic acids is 5. The number of rotatable bonds is 4. The lowest BCUT2D eigenvalue weighted by atomic mass is 10.1. The predicted molar refractivity (Wildman–Crippen MR) is 137 cm³/mol. The third-order valence-electron chi connectivity index (χ3n) is 4.74. The van der Waals surface area contributed by atoms with Crippen LogP contribution in [0, 0.1) is 17.8 Å². The second-order valence-electron chi connectivity index (χ2n) is 11.8. The Hall–Kier alpha value is -2.65. The van der Waals surface area contributed by atoms with Gasteiger partial charge in [0.2, 0.25) is 11.8 Å². The van der Waals surface area contributed by atoms with Crippen molar-refractivity contribution in [2.45, 2.75) is 99.7 Å². The molecule has 2 N–H and O–H groups in total. The average molecular weight is 514 g/mol. The third kappa shape index (κ3) is 16.9. The molecule has 0 aliphatic carbocycles. The molecule has 4 amide bonds. The average Bonchev–Trinajstić information content (AvgIpc) is 3.21. The highest BCUT2D eigenvalue weighted by molar-refractivity contribution is 5.93. The smallest absolute Gasteiger partial charge is 0.417 e. The van der Waals surface area contributed by atoms with Crippen LogP contribution < -0.4 is 10.6 Å². The van der Waals surface area contributed by atoms with E-state index in [2.05, 4.69) is 17.6 Å². The van der Waals surface area contributed by atoms with Gasteiger partial charge in [-0.2, -0.15) is 0 Å². The third-order valence-corrected chi connectivity index (χ3v) is 4.74. The Balaban J connectivity index is 0.000000541. The number of amides is 4. The molecule has 0 saturated carbocycles. The number of ether oxygens (including phenoxy) is 2. The van der Waals surface area contributed by atoms with E-state index in [0.717, 1.165) is 13.0 Å². The second-order valence-corrected chi connectivity index (χ2v) is 11.8. The number of nitrogens with zero attached hydrogens (tertiary/aromatic N) is 1. The number of hydrogen-bond donors (Lipinski definition) is 2. The number of hydrogen-bond acceptors (Lipinski definition) is 7. The summed E-state index contributed by atoms with van der Waals surface area (Å²) >= 11 is 0. The Kier molecular flexibility index (Phi) is 13.7. The molecule has 0 bridgehead atoms. The molecule has 0 spiro atoms. The van der Waals surface area contributed by atoms with Crippen LogP contribution in [-0.4, -0.2) is 65.5 Å². The van der Waals surface area contributed by atoms with Crippen LogP contribution in [0.4, 0.5) is 9.59 Å². The zero-order valence-corrected chi connectivity index (χ0v) is 23.8. The molecule has 2 aliphatic heterocycles. The van der Waals surface area contributed by atoms with Crippen molar-refractivity contribution < 1.29 is 33.4 Å². The van der Waals surface area contributed by atoms with Crippen LogP contribution in [0.5, 0.6) is 0 Å². The predicted octanol–water partition coefficient (Wildman–Crippen LogP) is 4.06. The first-order chi connectivity index (χ1) is 16.3. The highest BCUT2D eigenvalue weighted by Gasteiger charge is 2.34. The van der Waals surface area contributed by atoms with Gasteiger partial charge in [-0.3, -0.25) is 9.59 Å². The highest BCUT2D eigenvalue weighted by atomic mass is 16.6. The van der Waals surface area contributed by atoms with Gasteiger partial charge in [0, 0.05) is 38.9 Å². The molecule has 0 unspecified atom stereocenters. The Bertz CT molecular complexity index is 768. The maximum atomic E-state index is 11.5. The number of imide groups is 1. The maximum absolute atomic E-state index is 11.5. The Morgan fingerprint density at radius 1 is 1.00 bits per heavy atom. The number of likely N-dealkylation sites (tertiary alicyclic amines) is 1. The fourth-order valence-corrected chi connectivity index (χ4v) is 3.26. The van der Waals surface area contributed by atoms with Gasteiger partial charge in [0.1, 0.15) is 17.0 Å². The lowest BCUT2D eigenvalue weighted by molar-refractivity contribution is -0.127. The van der Waals surface area contributed by atoms with Crippen LogP contribution >= 0.6 is 0 Å². The van der Waals surface area contributed by atoms with E-state index < -0.39 is 23.4 Å². The van der Waals surface area contributed by atoms with E-state index in [1.165, 1.54) is 4.90 Å². The van der Waals surface area contributed by atoms with E-state index in [-0.39, 0.29) is 29.4 Å². The number of carbonyl (C=O) groups is 5. The molecule has 2 saturated heterocycles. The topological polar surface area (TPSA) is 131 Å². The molecule has 0 aromatic carbocycles. The van der Waals surface area contributed by atoms with E-state index in [0.29, 0.717) is 31.8 Å².